The van der Waals surface area contributed by atoms with E-state index >= 15 is 0 Å². The number of rotatable bonds is 6. The van der Waals surface area contributed by atoms with Gasteiger partial charge in [-0.3, -0.25) is 0 Å². The lowest BCUT2D eigenvalue weighted by Gasteiger charge is -2.21. The van der Waals surface area contributed by atoms with Gasteiger partial charge in [-0.05, 0) is 64.9 Å². The molecular weight excluding hydrogens is 383 g/mol. The van der Waals surface area contributed by atoms with E-state index in [1.165, 1.54) is 24.3 Å². The van der Waals surface area contributed by atoms with Crippen LogP contribution in [0.2, 0.25) is 0 Å². The van der Waals surface area contributed by atoms with Crippen molar-refractivity contribution in [2.24, 2.45) is 0 Å². The van der Waals surface area contributed by atoms with Gasteiger partial charge in [0.15, 0.2) is 0 Å². The third kappa shape index (κ3) is 4.66. The van der Waals surface area contributed by atoms with Crippen molar-refractivity contribution in [1.29, 1.82) is 0 Å². The van der Waals surface area contributed by atoms with Crippen molar-refractivity contribution in [3.63, 3.8) is 0 Å². The molecule has 0 saturated heterocycles. The highest BCUT2D eigenvalue weighted by Crippen LogP contribution is 2.28. The molecule has 112 valence electrons. The minimum absolute atomic E-state index is 0.101. The van der Waals surface area contributed by atoms with E-state index in [0.717, 1.165) is 34.1 Å². The van der Waals surface area contributed by atoms with Gasteiger partial charge in [-0.2, -0.15) is 0 Å². The average molecular weight is 401 g/mol. The summed E-state index contributed by atoms with van der Waals surface area (Å²) in [4.78, 5) is 0. The zero-order chi connectivity index (χ0) is 15.2. The molecule has 21 heavy (non-hydrogen) atoms. The quantitative estimate of drug-likeness (QED) is 0.594. The van der Waals surface area contributed by atoms with E-state index in [2.05, 4.69) is 34.8 Å². The Bertz CT molecular complexity index is 584. The van der Waals surface area contributed by atoms with Gasteiger partial charge in [-0.25, -0.2) is 8.78 Å². The lowest BCUT2D eigenvalue weighted by Crippen LogP contribution is -2.12. The van der Waals surface area contributed by atoms with Gasteiger partial charge in [0, 0.05) is 9.26 Å². The molecule has 0 saturated carbocycles. The second-order valence-corrected chi connectivity index (χ2v) is 6.18. The molecule has 0 aliphatic carbocycles. The first-order valence-electron chi connectivity index (χ1n) is 7.07. The van der Waals surface area contributed by atoms with Gasteiger partial charge in [0.25, 0.3) is 0 Å². The standard InChI is InChI=1S/C17H18F2IN/c1-2-3-4-16(12-5-7-13(18)8-6-12)21-17-10-9-14(19)11-15(17)20/h5-11,16,21H,2-4H2,1H3. The molecule has 2 aromatic rings. The van der Waals surface area contributed by atoms with E-state index in [-0.39, 0.29) is 17.7 Å². The zero-order valence-corrected chi connectivity index (χ0v) is 14.0. The lowest BCUT2D eigenvalue weighted by atomic mass is 10.0. The van der Waals surface area contributed by atoms with Gasteiger partial charge in [0.05, 0.1) is 6.04 Å². The van der Waals surface area contributed by atoms with Crippen molar-refractivity contribution in [2.75, 3.05) is 5.32 Å². The number of anilines is 1. The van der Waals surface area contributed by atoms with Crippen molar-refractivity contribution in [3.8, 4) is 0 Å². The van der Waals surface area contributed by atoms with Crippen LogP contribution in [0.15, 0.2) is 42.5 Å². The minimum Gasteiger partial charge on any atom is -0.377 e. The smallest absolute Gasteiger partial charge is 0.124 e. The van der Waals surface area contributed by atoms with E-state index in [9.17, 15) is 8.78 Å². The van der Waals surface area contributed by atoms with Crippen LogP contribution in [0.4, 0.5) is 14.5 Å². The molecule has 0 heterocycles. The van der Waals surface area contributed by atoms with Gasteiger partial charge in [-0.15, -0.1) is 0 Å². The Hall–Kier alpha value is -1.17. The van der Waals surface area contributed by atoms with Crippen molar-refractivity contribution in [3.05, 3.63) is 63.2 Å². The number of halogens is 3. The Morgan fingerprint density at radius 1 is 1.05 bits per heavy atom. The molecule has 0 amide bonds. The van der Waals surface area contributed by atoms with E-state index in [1.54, 1.807) is 18.2 Å². The van der Waals surface area contributed by atoms with Crippen LogP contribution < -0.4 is 5.32 Å². The fourth-order valence-electron chi connectivity index (χ4n) is 2.22. The highest BCUT2D eigenvalue weighted by atomic mass is 127. The maximum absolute atomic E-state index is 13.2. The first kappa shape index (κ1) is 16.2. The van der Waals surface area contributed by atoms with Crippen LogP contribution in [0.25, 0.3) is 0 Å². The lowest BCUT2D eigenvalue weighted by molar-refractivity contribution is 0.615. The molecule has 0 aliphatic heterocycles. The molecular formula is C17H18F2IN. The predicted octanol–water partition coefficient (Wildman–Crippen LogP) is 5.91. The van der Waals surface area contributed by atoms with Crippen molar-refractivity contribution in [1.82, 2.24) is 0 Å². The summed E-state index contributed by atoms with van der Waals surface area (Å²) in [6.07, 6.45) is 3.13. The number of benzene rings is 2. The van der Waals surface area contributed by atoms with Gasteiger partial charge in [-0.1, -0.05) is 31.9 Å². The van der Waals surface area contributed by atoms with Crippen LogP contribution in [0.5, 0.6) is 0 Å². The van der Waals surface area contributed by atoms with Gasteiger partial charge < -0.3 is 5.32 Å². The molecule has 0 fully saturated rings. The van der Waals surface area contributed by atoms with E-state index in [4.69, 9.17) is 0 Å². The van der Waals surface area contributed by atoms with Crippen molar-refractivity contribution < 1.29 is 8.78 Å². The normalized spacial score (nSPS) is 12.2. The third-order valence-corrected chi connectivity index (χ3v) is 4.27. The summed E-state index contributed by atoms with van der Waals surface area (Å²) in [7, 11) is 0. The second-order valence-electron chi connectivity index (χ2n) is 5.01. The summed E-state index contributed by atoms with van der Waals surface area (Å²) in [5.41, 5.74) is 1.95. The van der Waals surface area contributed by atoms with Crippen LogP contribution >= 0.6 is 22.6 Å². The van der Waals surface area contributed by atoms with Gasteiger partial charge in [0.1, 0.15) is 11.6 Å². The molecule has 0 aromatic heterocycles. The van der Waals surface area contributed by atoms with Crippen LogP contribution in [0.1, 0.15) is 37.8 Å². The molecule has 1 nitrogen and oxygen atoms in total. The summed E-state index contributed by atoms with van der Waals surface area (Å²) in [6, 6.07) is 11.4. The van der Waals surface area contributed by atoms with Gasteiger partial charge >= 0.3 is 0 Å². The van der Waals surface area contributed by atoms with E-state index in [0.29, 0.717) is 0 Å². The molecule has 2 rings (SSSR count). The van der Waals surface area contributed by atoms with Crippen LogP contribution in [0, 0.1) is 15.2 Å². The Labute approximate surface area is 137 Å². The molecule has 0 aliphatic rings. The van der Waals surface area contributed by atoms with E-state index < -0.39 is 0 Å². The number of hydrogen-bond donors (Lipinski definition) is 1. The largest absolute Gasteiger partial charge is 0.377 e. The highest BCUT2D eigenvalue weighted by Gasteiger charge is 2.13. The summed E-state index contributed by atoms with van der Waals surface area (Å²) in [6.45, 7) is 2.14. The fourth-order valence-corrected chi connectivity index (χ4v) is 2.85. The summed E-state index contributed by atoms with van der Waals surface area (Å²) >= 11 is 2.12. The molecule has 1 N–H and O–H groups in total. The predicted molar refractivity (Wildman–Crippen MR) is 91.4 cm³/mol. The van der Waals surface area contributed by atoms with Gasteiger partial charge in [0.2, 0.25) is 0 Å². The molecule has 0 spiro atoms. The van der Waals surface area contributed by atoms with Crippen LogP contribution in [0.3, 0.4) is 0 Å². The molecule has 4 heteroatoms. The third-order valence-electron chi connectivity index (χ3n) is 3.38. The Morgan fingerprint density at radius 2 is 1.71 bits per heavy atom. The highest BCUT2D eigenvalue weighted by molar-refractivity contribution is 14.1. The fraction of sp³-hybridized carbons (Fsp3) is 0.294. The second kappa shape index (κ2) is 7.73. The summed E-state index contributed by atoms with van der Waals surface area (Å²) in [5.74, 6) is -0.471. The first-order chi connectivity index (χ1) is 10.1. The maximum atomic E-state index is 13.2. The zero-order valence-electron chi connectivity index (χ0n) is 11.9. The van der Waals surface area contributed by atoms with Crippen molar-refractivity contribution >= 4 is 28.3 Å². The molecule has 0 bridgehead atoms. The van der Waals surface area contributed by atoms with E-state index in [1.807, 2.05) is 0 Å². The first-order valence-corrected chi connectivity index (χ1v) is 8.15. The SMILES string of the molecule is CCCCC(Nc1ccc(F)cc1I)c1ccc(F)cc1. The summed E-state index contributed by atoms with van der Waals surface area (Å²) < 4.78 is 27.1. The maximum Gasteiger partial charge on any atom is 0.124 e. The van der Waals surface area contributed by atoms with Crippen molar-refractivity contribution in [2.45, 2.75) is 32.2 Å². The number of unbranched alkanes of at least 4 members (excludes halogenated alkanes) is 1. The average Bonchev–Trinajstić information content (AvgIpc) is 2.46. The number of nitrogens with one attached hydrogen (secondary N) is 1. The van der Waals surface area contributed by atoms with Crippen LogP contribution in [-0.4, -0.2) is 0 Å². The Kier molecular flexibility index (Phi) is 5.96. The summed E-state index contributed by atoms with van der Waals surface area (Å²) in [5, 5.41) is 3.45. The molecule has 1 unspecified atom stereocenters. The number of hydrogen-bond acceptors (Lipinski definition) is 1. The Balaban J connectivity index is 2.21. The van der Waals surface area contributed by atoms with Crippen LogP contribution in [-0.2, 0) is 0 Å². The molecule has 2 aromatic carbocycles. The minimum atomic E-state index is -0.239. The Morgan fingerprint density at radius 3 is 2.33 bits per heavy atom. The monoisotopic (exact) mass is 401 g/mol. The topological polar surface area (TPSA) is 12.0 Å². The molecule has 1 atom stereocenters. The molecule has 0 radical (unpaired) electrons.